The van der Waals surface area contributed by atoms with Gasteiger partial charge in [-0.05, 0) is 38.8 Å². The number of nitrogens with zero attached hydrogens (tertiary/aromatic N) is 3. The Morgan fingerprint density at radius 3 is 2.48 bits per heavy atom. The van der Waals surface area contributed by atoms with E-state index in [1.807, 2.05) is 23.7 Å². The quantitative estimate of drug-likeness (QED) is 0.673. The van der Waals surface area contributed by atoms with Crippen LogP contribution in [0.5, 0.6) is 0 Å². The van der Waals surface area contributed by atoms with Crippen molar-refractivity contribution in [3.8, 4) is 0 Å². The van der Waals surface area contributed by atoms with E-state index in [0.717, 1.165) is 5.56 Å². The molecule has 9 heteroatoms. The van der Waals surface area contributed by atoms with Crippen molar-refractivity contribution in [2.45, 2.75) is 32.7 Å². The third-order valence-electron chi connectivity index (χ3n) is 5.71. The minimum atomic E-state index is -0.467. The predicted molar refractivity (Wildman–Crippen MR) is 116 cm³/mol. The zero-order chi connectivity index (χ0) is 22.1. The van der Waals surface area contributed by atoms with Gasteiger partial charge in [-0.15, -0.1) is 0 Å². The summed E-state index contributed by atoms with van der Waals surface area (Å²) in [5.41, 5.74) is 2.55. The van der Waals surface area contributed by atoms with Crippen molar-refractivity contribution in [1.29, 1.82) is 0 Å². The zero-order valence-corrected chi connectivity index (χ0v) is 17.8. The molecule has 2 aromatic heterocycles. The maximum Gasteiger partial charge on any atom is 0.409 e. The van der Waals surface area contributed by atoms with Crippen molar-refractivity contribution in [3.05, 3.63) is 57.5 Å². The van der Waals surface area contributed by atoms with Crippen molar-refractivity contribution in [2.24, 2.45) is 0 Å². The number of nitrogens with one attached hydrogen (secondary N) is 2. The monoisotopic (exact) mass is 423 g/mol. The van der Waals surface area contributed by atoms with Crippen LogP contribution in [0.25, 0.3) is 11.0 Å². The highest BCUT2D eigenvalue weighted by Gasteiger charge is 2.27. The molecule has 0 unspecified atom stereocenters. The summed E-state index contributed by atoms with van der Waals surface area (Å²) in [5, 5.41) is 7.75. The lowest BCUT2D eigenvalue weighted by Crippen LogP contribution is -2.39. The Morgan fingerprint density at radius 1 is 1.16 bits per heavy atom. The molecule has 162 valence electrons. The summed E-state index contributed by atoms with van der Waals surface area (Å²) >= 11 is 0. The van der Waals surface area contributed by atoms with Gasteiger partial charge in [0.25, 0.3) is 5.91 Å². The third-order valence-corrected chi connectivity index (χ3v) is 5.71. The van der Waals surface area contributed by atoms with E-state index in [1.165, 1.54) is 13.3 Å². The number of aryl methyl sites for hydroxylation is 2. The Labute approximate surface area is 179 Å². The van der Waals surface area contributed by atoms with Gasteiger partial charge in [0.1, 0.15) is 11.2 Å². The molecule has 1 aliphatic heterocycles. The molecule has 0 spiro atoms. The number of carbonyl (C=O) groups is 2. The van der Waals surface area contributed by atoms with Gasteiger partial charge in [0.2, 0.25) is 5.43 Å². The number of H-pyrrole nitrogens is 1. The molecule has 0 bridgehead atoms. The molecule has 0 aliphatic carbocycles. The molecule has 3 aromatic rings. The SMILES string of the molecule is COC(=O)N1CCC(n2nc(C)c3c(=O)c(C(=O)Nc4ccc(C)cc4)c[nH]c32)CC1. The van der Waals surface area contributed by atoms with Crippen molar-refractivity contribution in [1.82, 2.24) is 19.7 Å². The number of ether oxygens (including phenoxy) is 1. The van der Waals surface area contributed by atoms with E-state index in [9.17, 15) is 14.4 Å². The molecule has 9 nitrogen and oxygen atoms in total. The summed E-state index contributed by atoms with van der Waals surface area (Å²) in [6.45, 7) is 4.83. The number of amides is 2. The van der Waals surface area contributed by atoms with Crippen molar-refractivity contribution in [2.75, 3.05) is 25.5 Å². The van der Waals surface area contributed by atoms with E-state index in [0.29, 0.717) is 48.3 Å². The Morgan fingerprint density at radius 2 is 1.84 bits per heavy atom. The van der Waals surface area contributed by atoms with Gasteiger partial charge < -0.3 is 19.9 Å². The van der Waals surface area contributed by atoms with E-state index in [4.69, 9.17) is 4.74 Å². The predicted octanol–water partition coefficient (Wildman–Crippen LogP) is 3.00. The standard InChI is InChI=1S/C22H25N5O4/c1-13-4-6-15(7-5-13)24-21(29)17-12-23-20-18(19(17)28)14(2)25-27(20)16-8-10-26(11-9-16)22(30)31-3/h4-7,12,16H,8-11H2,1-3H3,(H,23,28)(H,24,29). The summed E-state index contributed by atoms with van der Waals surface area (Å²) in [5.74, 6) is -0.467. The van der Waals surface area contributed by atoms with E-state index < -0.39 is 5.91 Å². The number of aromatic nitrogens is 3. The average molecular weight is 423 g/mol. The van der Waals surface area contributed by atoms with Crippen LogP contribution in [0.3, 0.4) is 0 Å². The molecular weight excluding hydrogens is 398 g/mol. The largest absolute Gasteiger partial charge is 0.453 e. The summed E-state index contributed by atoms with van der Waals surface area (Å²) in [6, 6.07) is 7.42. The van der Waals surface area contributed by atoms with Crippen LogP contribution in [0.2, 0.25) is 0 Å². The second kappa shape index (κ2) is 8.25. The first kappa shape index (κ1) is 20.6. The lowest BCUT2D eigenvalue weighted by molar-refractivity contribution is 0.102. The second-order valence-electron chi connectivity index (χ2n) is 7.79. The molecule has 0 saturated carbocycles. The van der Waals surface area contributed by atoms with Crippen LogP contribution >= 0.6 is 0 Å². The Hall–Kier alpha value is -3.62. The van der Waals surface area contributed by atoms with Gasteiger partial charge in [0.15, 0.2) is 0 Å². The van der Waals surface area contributed by atoms with E-state index in [2.05, 4.69) is 15.4 Å². The zero-order valence-electron chi connectivity index (χ0n) is 17.8. The van der Waals surface area contributed by atoms with Crippen molar-refractivity contribution >= 4 is 28.7 Å². The van der Waals surface area contributed by atoms with Gasteiger partial charge in [-0.1, -0.05) is 17.7 Å². The van der Waals surface area contributed by atoms with Crippen LogP contribution < -0.4 is 10.7 Å². The minimum Gasteiger partial charge on any atom is -0.453 e. The molecule has 1 saturated heterocycles. The molecule has 2 N–H and O–H groups in total. The van der Waals surface area contributed by atoms with Crippen LogP contribution in [0.15, 0.2) is 35.3 Å². The van der Waals surface area contributed by atoms with Crippen molar-refractivity contribution < 1.29 is 14.3 Å². The Balaban J connectivity index is 1.60. The number of benzene rings is 1. The van der Waals surface area contributed by atoms with E-state index in [1.54, 1.807) is 24.0 Å². The number of methoxy groups -OCH3 is 1. The highest BCUT2D eigenvalue weighted by Crippen LogP contribution is 2.26. The van der Waals surface area contributed by atoms with Gasteiger partial charge in [0.05, 0.1) is 24.2 Å². The van der Waals surface area contributed by atoms with Crippen LogP contribution in [-0.4, -0.2) is 51.9 Å². The number of carbonyl (C=O) groups excluding carboxylic acids is 2. The van der Waals surface area contributed by atoms with Crippen molar-refractivity contribution in [3.63, 3.8) is 0 Å². The van der Waals surface area contributed by atoms with E-state index in [-0.39, 0.29) is 23.1 Å². The summed E-state index contributed by atoms with van der Waals surface area (Å²) in [6.07, 6.45) is 2.50. The molecule has 2 amide bonds. The van der Waals surface area contributed by atoms with Gasteiger partial charge in [-0.25, -0.2) is 9.48 Å². The number of hydrogen-bond acceptors (Lipinski definition) is 5. The topological polar surface area (TPSA) is 109 Å². The number of likely N-dealkylation sites (tertiary alicyclic amines) is 1. The second-order valence-corrected chi connectivity index (χ2v) is 7.79. The van der Waals surface area contributed by atoms with E-state index >= 15 is 0 Å². The fraction of sp³-hybridized carbons (Fsp3) is 0.364. The fourth-order valence-corrected chi connectivity index (χ4v) is 3.99. The lowest BCUT2D eigenvalue weighted by atomic mass is 10.1. The average Bonchev–Trinajstić information content (AvgIpc) is 3.12. The van der Waals surface area contributed by atoms with Gasteiger partial charge in [-0.2, -0.15) is 5.10 Å². The molecule has 4 rings (SSSR count). The number of aromatic amines is 1. The van der Waals surface area contributed by atoms with Crippen LogP contribution in [0.4, 0.5) is 10.5 Å². The van der Waals surface area contributed by atoms with Gasteiger partial charge in [0, 0.05) is 25.0 Å². The fourth-order valence-electron chi connectivity index (χ4n) is 3.99. The molecule has 3 heterocycles. The number of hydrogen-bond donors (Lipinski definition) is 2. The minimum absolute atomic E-state index is 0.0382. The molecule has 31 heavy (non-hydrogen) atoms. The van der Waals surface area contributed by atoms with Gasteiger partial charge in [-0.3, -0.25) is 9.59 Å². The first-order chi connectivity index (χ1) is 14.9. The Bertz CT molecular complexity index is 1190. The van der Waals surface area contributed by atoms with Crippen LogP contribution in [0, 0.1) is 13.8 Å². The number of fused-ring (bicyclic) bond motifs is 1. The highest BCUT2D eigenvalue weighted by atomic mass is 16.5. The molecule has 0 atom stereocenters. The molecular formula is C22H25N5O4. The first-order valence-electron chi connectivity index (χ1n) is 10.2. The summed E-state index contributed by atoms with van der Waals surface area (Å²) in [4.78, 5) is 42.3. The molecule has 1 aliphatic rings. The first-order valence-corrected chi connectivity index (χ1v) is 10.2. The summed E-state index contributed by atoms with van der Waals surface area (Å²) < 4.78 is 6.59. The number of pyridine rings is 1. The number of anilines is 1. The third kappa shape index (κ3) is 3.90. The normalized spacial score (nSPS) is 14.6. The lowest BCUT2D eigenvalue weighted by Gasteiger charge is -2.31. The highest BCUT2D eigenvalue weighted by molar-refractivity contribution is 6.05. The summed E-state index contributed by atoms with van der Waals surface area (Å²) in [7, 11) is 1.37. The maximum absolute atomic E-state index is 13.1. The van der Waals surface area contributed by atoms with Crippen LogP contribution in [-0.2, 0) is 4.74 Å². The molecule has 1 fully saturated rings. The molecule has 1 aromatic carbocycles. The van der Waals surface area contributed by atoms with Gasteiger partial charge >= 0.3 is 6.09 Å². The number of piperidine rings is 1. The van der Waals surface area contributed by atoms with Crippen LogP contribution in [0.1, 0.15) is 40.5 Å². The Kier molecular flexibility index (Phi) is 5.50. The molecule has 0 radical (unpaired) electrons. The smallest absolute Gasteiger partial charge is 0.409 e. The maximum atomic E-state index is 13.1. The number of rotatable bonds is 3.